The average molecular weight is 169 g/mol. The molecule has 0 radical (unpaired) electrons. The molecular formula is C10H21N2+. The standard InChI is InChI=1S/C10H21N2/c1-11-10-6-9-5-4-8(10)7-12(9,2)3/h8-11H,4-7H2,1-3H3/q+1. The van der Waals surface area contributed by atoms with E-state index in [2.05, 4.69) is 26.5 Å². The summed E-state index contributed by atoms with van der Waals surface area (Å²) in [5, 5.41) is 3.46. The van der Waals surface area contributed by atoms with E-state index in [0.717, 1.165) is 18.0 Å². The second-order valence-corrected chi connectivity index (χ2v) is 5.08. The highest BCUT2D eigenvalue weighted by molar-refractivity contribution is 4.89. The Morgan fingerprint density at radius 3 is 2.42 bits per heavy atom. The van der Waals surface area contributed by atoms with Crippen molar-refractivity contribution in [3.8, 4) is 0 Å². The van der Waals surface area contributed by atoms with Gasteiger partial charge in [0.05, 0.1) is 26.7 Å². The van der Waals surface area contributed by atoms with E-state index >= 15 is 0 Å². The lowest BCUT2D eigenvalue weighted by Gasteiger charge is -2.52. The maximum atomic E-state index is 3.46. The number of nitrogens with one attached hydrogen (secondary N) is 1. The van der Waals surface area contributed by atoms with E-state index in [0.29, 0.717) is 0 Å². The Hall–Kier alpha value is -0.0800. The number of hydrogen-bond donors (Lipinski definition) is 1. The highest BCUT2D eigenvalue weighted by Crippen LogP contribution is 2.37. The fourth-order valence-electron chi connectivity index (χ4n) is 3.17. The van der Waals surface area contributed by atoms with E-state index in [1.54, 1.807) is 0 Å². The van der Waals surface area contributed by atoms with Crippen LogP contribution in [-0.4, -0.2) is 44.3 Å². The Morgan fingerprint density at radius 2 is 2.00 bits per heavy atom. The smallest absolute Gasteiger partial charge is 0.0901 e. The highest BCUT2D eigenvalue weighted by atomic mass is 15.4. The van der Waals surface area contributed by atoms with Crippen LogP contribution in [-0.2, 0) is 0 Å². The molecule has 0 aromatic carbocycles. The van der Waals surface area contributed by atoms with Gasteiger partial charge >= 0.3 is 0 Å². The molecule has 3 atom stereocenters. The number of hydrogen-bond acceptors (Lipinski definition) is 1. The van der Waals surface area contributed by atoms with E-state index < -0.39 is 0 Å². The Balaban J connectivity index is 2.11. The van der Waals surface area contributed by atoms with Gasteiger partial charge in [-0.25, -0.2) is 0 Å². The first-order valence-corrected chi connectivity index (χ1v) is 5.13. The van der Waals surface area contributed by atoms with Crippen LogP contribution >= 0.6 is 0 Å². The van der Waals surface area contributed by atoms with Gasteiger partial charge in [-0.05, 0) is 13.5 Å². The van der Waals surface area contributed by atoms with Crippen LogP contribution in [0.25, 0.3) is 0 Å². The number of quaternary nitrogens is 1. The topological polar surface area (TPSA) is 12.0 Å². The molecule has 3 aliphatic rings. The van der Waals surface area contributed by atoms with Crippen molar-refractivity contribution >= 4 is 0 Å². The van der Waals surface area contributed by atoms with Gasteiger partial charge in [-0.1, -0.05) is 0 Å². The van der Waals surface area contributed by atoms with Crippen LogP contribution in [0.15, 0.2) is 0 Å². The predicted molar refractivity (Wildman–Crippen MR) is 51.0 cm³/mol. The van der Waals surface area contributed by atoms with Crippen LogP contribution < -0.4 is 5.32 Å². The summed E-state index contributed by atoms with van der Waals surface area (Å²) in [7, 11) is 6.90. The molecule has 3 fully saturated rings. The molecule has 2 saturated heterocycles. The van der Waals surface area contributed by atoms with Crippen molar-refractivity contribution < 1.29 is 4.48 Å². The third-order valence-electron chi connectivity index (χ3n) is 4.03. The number of rotatable bonds is 1. The zero-order valence-electron chi connectivity index (χ0n) is 8.51. The number of fused-ring (bicyclic) bond motifs is 3. The van der Waals surface area contributed by atoms with Crippen molar-refractivity contribution in [2.75, 3.05) is 27.7 Å². The Kier molecular flexibility index (Phi) is 1.92. The van der Waals surface area contributed by atoms with Gasteiger partial charge in [0.25, 0.3) is 0 Å². The Morgan fingerprint density at radius 1 is 1.25 bits per heavy atom. The van der Waals surface area contributed by atoms with Gasteiger partial charge in [-0.3, -0.25) is 0 Å². The van der Waals surface area contributed by atoms with E-state index in [1.807, 2.05) is 0 Å². The largest absolute Gasteiger partial charge is 0.326 e. The third-order valence-corrected chi connectivity index (χ3v) is 4.03. The molecule has 70 valence electrons. The Labute approximate surface area is 75.5 Å². The molecule has 0 aromatic rings. The van der Waals surface area contributed by atoms with Gasteiger partial charge in [0.2, 0.25) is 0 Å². The molecular weight excluding hydrogens is 148 g/mol. The van der Waals surface area contributed by atoms with Crippen molar-refractivity contribution in [1.82, 2.24) is 5.32 Å². The van der Waals surface area contributed by atoms with E-state index in [-0.39, 0.29) is 0 Å². The summed E-state index contributed by atoms with van der Waals surface area (Å²) < 4.78 is 1.27. The first kappa shape index (κ1) is 8.52. The quantitative estimate of drug-likeness (QED) is 0.573. The van der Waals surface area contributed by atoms with Crippen LogP contribution in [0.1, 0.15) is 19.3 Å². The molecule has 0 spiro atoms. The lowest BCUT2D eigenvalue weighted by molar-refractivity contribution is -0.930. The molecule has 2 bridgehead atoms. The summed E-state index contributed by atoms with van der Waals surface area (Å²) in [5.41, 5.74) is 0. The fraction of sp³-hybridized carbons (Fsp3) is 1.00. The summed E-state index contributed by atoms with van der Waals surface area (Å²) in [6.07, 6.45) is 4.31. The van der Waals surface area contributed by atoms with Gasteiger partial charge < -0.3 is 9.80 Å². The minimum absolute atomic E-state index is 0.815. The first-order chi connectivity index (χ1) is 5.63. The first-order valence-electron chi connectivity index (χ1n) is 5.13. The molecule has 1 saturated carbocycles. The van der Waals surface area contributed by atoms with Gasteiger partial charge in [0.1, 0.15) is 0 Å². The average Bonchev–Trinajstić information content (AvgIpc) is 2.03. The van der Waals surface area contributed by atoms with Crippen LogP contribution in [0.5, 0.6) is 0 Å². The highest BCUT2D eigenvalue weighted by Gasteiger charge is 2.46. The maximum absolute atomic E-state index is 3.46. The zero-order chi connectivity index (χ0) is 8.77. The minimum Gasteiger partial charge on any atom is -0.326 e. The monoisotopic (exact) mass is 169 g/mol. The van der Waals surface area contributed by atoms with Crippen LogP contribution in [0.3, 0.4) is 0 Å². The van der Waals surface area contributed by atoms with E-state index in [9.17, 15) is 0 Å². The maximum Gasteiger partial charge on any atom is 0.0901 e. The van der Waals surface area contributed by atoms with Crippen molar-refractivity contribution in [2.45, 2.75) is 31.3 Å². The molecule has 0 amide bonds. The molecule has 2 heterocycles. The molecule has 0 aromatic heterocycles. The fourth-order valence-corrected chi connectivity index (χ4v) is 3.17. The number of piperidine rings is 2. The van der Waals surface area contributed by atoms with Gasteiger partial charge in [-0.2, -0.15) is 0 Å². The van der Waals surface area contributed by atoms with E-state index in [4.69, 9.17) is 0 Å². The molecule has 1 N–H and O–H groups in total. The molecule has 3 rings (SSSR count). The minimum atomic E-state index is 0.815. The summed E-state index contributed by atoms with van der Waals surface area (Å²) in [6.45, 7) is 1.39. The summed E-state index contributed by atoms with van der Waals surface area (Å²) in [4.78, 5) is 0. The number of nitrogens with zero attached hydrogens (tertiary/aromatic N) is 1. The summed E-state index contributed by atoms with van der Waals surface area (Å²) >= 11 is 0. The van der Waals surface area contributed by atoms with Crippen molar-refractivity contribution in [3.05, 3.63) is 0 Å². The SMILES string of the molecule is CNC1CC2CCC1C[N+]2(C)C. The lowest BCUT2D eigenvalue weighted by Crippen LogP contribution is -2.64. The van der Waals surface area contributed by atoms with Gasteiger partial charge in [0, 0.05) is 24.8 Å². The molecule has 3 unspecified atom stereocenters. The van der Waals surface area contributed by atoms with Crippen molar-refractivity contribution in [1.29, 1.82) is 0 Å². The summed E-state index contributed by atoms with van der Waals surface area (Å²) in [6, 6.07) is 1.74. The molecule has 2 aliphatic heterocycles. The third kappa shape index (κ3) is 1.17. The van der Waals surface area contributed by atoms with Crippen LogP contribution in [0.4, 0.5) is 0 Å². The van der Waals surface area contributed by atoms with Gasteiger partial charge in [0.15, 0.2) is 0 Å². The molecule has 1 aliphatic carbocycles. The molecule has 12 heavy (non-hydrogen) atoms. The molecule has 2 nitrogen and oxygen atoms in total. The zero-order valence-corrected chi connectivity index (χ0v) is 8.51. The van der Waals surface area contributed by atoms with Crippen LogP contribution in [0.2, 0.25) is 0 Å². The molecule has 2 heteroatoms. The van der Waals surface area contributed by atoms with Crippen LogP contribution in [0, 0.1) is 5.92 Å². The van der Waals surface area contributed by atoms with Crippen molar-refractivity contribution in [3.63, 3.8) is 0 Å². The second kappa shape index (κ2) is 2.71. The van der Waals surface area contributed by atoms with Gasteiger partial charge in [-0.15, -0.1) is 0 Å². The Bertz CT molecular complexity index is 177. The van der Waals surface area contributed by atoms with Crippen molar-refractivity contribution in [2.24, 2.45) is 5.92 Å². The van der Waals surface area contributed by atoms with E-state index in [1.165, 1.54) is 30.3 Å². The lowest BCUT2D eigenvalue weighted by atomic mass is 9.75. The normalized spacial score (nSPS) is 44.8. The summed E-state index contributed by atoms with van der Waals surface area (Å²) in [5.74, 6) is 0.940. The second-order valence-electron chi connectivity index (χ2n) is 5.08. The predicted octanol–water partition coefficient (Wildman–Crippen LogP) is 0.833.